The Hall–Kier alpha value is -1.06. The number of aryl methyl sites for hydroxylation is 1. The highest BCUT2D eigenvalue weighted by atomic mass is 16.5. The lowest BCUT2D eigenvalue weighted by atomic mass is 10.0. The van der Waals surface area contributed by atoms with Gasteiger partial charge in [-0.05, 0) is 55.9 Å². The summed E-state index contributed by atoms with van der Waals surface area (Å²) < 4.78 is 58.3. The van der Waals surface area contributed by atoms with Crippen molar-refractivity contribution < 1.29 is 19.4 Å². The molecule has 1 aromatic rings. The Morgan fingerprint density at radius 2 is 2.15 bits per heavy atom. The summed E-state index contributed by atoms with van der Waals surface area (Å²) in [7, 11) is 0. The van der Waals surface area contributed by atoms with Gasteiger partial charge in [-0.3, -0.25) is 0 Å². The van der Waals surface area contributed by atoms with Crippen molar-refractivity contribution in [1.29, 1.82) is 0 Å². The summed E-state index contributed by atoms with van der Waals surface area (Å²) in [6.45, 7) is -2.84. The van der Waals surface area contributed by atoms with Crippen LogP contribution in [-0.4, -0.2) is 29.9 Å². The van der Waals surface area contributed by atoms with Crippen LogP contribution in [0.3, 0.4) is 0 Å². The van der Waals surface area contributed by atoms with Gasteiger partial charge in [0, 0.05) is 21.7 Å². The molecular formula is C17H27NO2. The first-order valence-electron chi connectivity index (χ1n) is 10.5. The number of aliphatic hydroxyl groups excluding tert-OH is 1. The summed E-state index contributed by atoms with van der Waals surface area (Å²) in [6.07, 6.45) is 1.77. The molecule has 0 unspecified atom stereocenters. The molecule has 0 spiro atoms. The van der Waals surface area contributed by atoms with Crippen LogP contribution in [0.4, 0.5) is 0 Å². The molecule has 3 heteroatoms. The molecule has 1 aromatic carbocycles. The van der Waals surface area contributed by atoms with Gasteiger partial charge < -0.3 is 15.2 Å². The highest BCUT2D eigenvalue weighted by Gasteiger charge is 2.20. The van der Waals surface area contributed by atoms with E-state index in [2.05, 4.69) is 5.32 Å². The van der Waals surface area contributed by atoms with E-state index in [1.54, 1.807) is 0 Å². The zero-order valence-corrected chi connectivity index (χ0v) is 12.0. The fourth-order valence-electron chi connectivity index (χ4n) is 2.63. The summed E-state index contributed by atoms with van der Waals surface area (Å²) in [4.78, 5) is 0. The zero-order chi connectivity index (χ0) is 20.6. The molecule has 1 aliphatic rings. The Morgan fingerprint density at radius 1 is 1.40 bits per heavy atom. The van der Waals surface area contributed by atoms with Crippen molar-refractivity contribution in [2.75, 3.05) is 6.61 Å². The first kappa shape index (κ1) is 8.40. The molecule has 3 nitrogen and oxygen atoms in total. The second-order valence-electron chi connectivity index (χ2n) is 5.38. The summed E-state index contributed by atoms with van der Waals surface area (Å²) in [6, 6.07) is -0.0389. The molecule has 0 radical (unpaired) electrons. The molecule has 1 aliphatic carbocycles. The van der Waals surface area contributed by atoms with Crippen molar-refractivity contribution in [2.24, 2.45) is 0 Å². The van der Waals surface area contributed by atoms with Crippen LogP contribution in [0.2, 0.25) is 0 Å². The number of benzene rings is 1. The fraction of sp³-hybridized carbons (Fsp3) is 0.647. The largest absolute Gasteiger partial charge is 0.491 e. The van der Waals surface area contributed by atoms with E-state index in [9.17, 15) is 5.11 Å². The SMILES string of the molecule is [2H]C([2H])([2H])C([2H])(N[C@H](C)[C@@H](O)COc1ccc(C)c2c1CCC2)C([2H])([2H])[2H]. The molecule has 112 valence electrons. The predicted octanol–water partition coefficient (Wildman–Crippen LogP) is 2.61. The molecule has 0 saturated heterocycles. The first-order chi connectivity index (χ1) is 12.3. The summed E-state index contributed by atoms with van der Waals surface area (Å²) in [5, 5.41) is 12.6. The molecule has 0 amide bonds. The molecule has 0 heterocycles. The smallest absolute Gasteiger partial charge is 0.122 e. The average molecular weight is 284 g/mol. The van der Waals surface area contributed by atoms with Crippen molar-refractivity contribution in [3.63, 3.8) is 0 Å². The maximum Gasteiger partial charge on any atom is 0.122 e. The van der Waals surface area contributed by atoms with Gasteiger partial charge in [0.25, 0.3) is 0 Å². The molecule has 0 bridgehead atoms. The van der Waals surface area contributed by atoms with Crippen LogP contribution in [0.25, 0.3) is 0 Å². The number of fused-ring (bicyclic) bond motifs is 1. The van der Waals surface area contributed by atoms with E-state index >= 15 is 0 Å². The first-order valence-corrected chi connectivity index (χ1v) is 6.98. The van der Waals surface area contributed by atoms with Crippen LogP contribution >= 0.6 is 0 Å². The summed E-state index contributed by atoms with van der Waals surface area (Å²) in [5.41, 5.74) is 3.60. The average Bonchev–Trinajstić information content (AvgIpc) is 3.02. The van der Waals surface area contributed by atoms with Gasteiger partial charge in [-0.15, -0.1) is 0 Å². The minimum absolute atomic E-state index is 0.137. The lowest BCUT2D eigenvalue weighted by molar-refractivity contribution is 0.0755. The van der Waals surface area contributed by atoms with E-state index in [0.717, 1.165) is 24.8 Å². The molecule has 0 saturated carbocycles. The van der Waals surface area contributed by atoms with Crippen molar-refractivity contribution in [1.82, 2.24) is 5.32 Å². The monoisotopic (exact) mass is 284 g/mol. The molecule has 20 heavy (non-hydrogen) atoms. The third-order valence-corrected chi connectivity index (χ3v) is 3.83. The number of ether oxygens (including phenoxy) is 1. The maximum atomic E-state index is 10.3. The summed E-state index contributed by atoms with van der Waals surface area (Å²) >= 11 is 0. The third-order valence-electron chi connectivity index (χ3n) is 3.83. The van der Waals surface area contributed by atoms with E-state index in [1.807, 2.05) is 19.1 Å². The molecule has 0 aromatic heterocycles. The molecule has 2 N–H and O–H groups in total. The summed E-state index contributed by atoms with van der Waals surface area (Å²) in [5.74, 6) is 0.683. The Labute approximate surface area is 132 Å². The van der Waals surface area contributed by atoms with Crippen LogP contribution in [0.15, 0.2) is 12.1 Å². The van der Waals surface area contributed by atoms with E-state index in [4.69, 9.17) is 14.3 Å². The number of aliphatic hydroxyl groups is 1. The highest BCUT2D eigenvalue weighted by molar-refractivity contribution is 5.47. The minimum atomic E-state index is -3.09. The van der Waals surface area contributed by atoms with Crippen molar-refractivity contribution >= 4 is 0 Å². The number of hydrogen-bond donors (Lipinski definition) is 2. The number of rotatable bonds is 6. The van der Waals surface area contributed by atoms with Crippen molar-refractivity contribution in [2.45, 2.75) is 65.0 Å². The topological polar surface area (TPSA) is 41.5 Å². The van der Waals surface area contributed by atoms with Gasteiger partial charge in [-0.25, -0.2) is 0 Å². The van der Waals surface area contributed by atoms with Gasteiger partial charge >= 0.3 is 0 Å². The number of nitrogens with one attached hydrogen (secondary N) is 1. The molecule has 2 atom stereocenters. The van der Waals surface area contributed by atoms with Crippen molar-refractivity contribution in [3.05, 3.63) is 28.8 Å². The molecule has 0 fully saturated rings. The molecular weight excluding hydrogens is 250 g/mol. The van der Waals surface area contributed by atoms with Crippen LogP contribution < -0.4 is 10.1 Å². The van der Waals surface area contributed by atoms with Gasteiger partial charge in [-0.1, -0.05) is 19.8 Å². The normalized spacial score (nSPS) is 24.1. The standard InChI is InChI=1S/C17H27NO2/c1-11(2)18-13(4)16(19)10-20-17-9-8-12(3)14-6-5-7-15(14)17/h8-9,11,13,16,18-19H,5-7,10H2,1-4H3/t13-,16+/m1/s1/i1D3,2D3,11D. The Bertz CT molecular complexity index is 658. The fourth-order valence-corrected chi connectivity index (χ4v) is 2.63. The van der Waals surface area contributed by atoms with Crippen LogP contribution in [0.5, 0.6) is 5.75 Å². The second kappa shape index (κ2) is 6.59. The van der Waals surface area contributed by atoms with Crippen LogP contribution in [-0.2, 0) is 12.8 Å². The highest BCUT2D eigenvalue weighted by Crippen LogP contribution is 2.33. The Kier molecular flexibility index (Phi) is 2.77. The van der Waals surface area contributed by atoms with Crippen LogP contribution in [0.1, 0.15) is 53.3 Å². The predicted molar refractivity (Wildman–Crippen MR) is 82.4 cm³/mol. The van der Waals surface area contributed by atoms with Gasteiger partial charge in [0.05, 0.1) is 0 Å². The zero-order valence-electron chi connectivity index (χ0n) is 19.0. The van der Waals surface area contributed by atoms with E-state index in [-0.39, 0.29) is 6.61 Å². The Balaban J connectivity index is 2.06. The quantitative estimate of drug-likeness (QED) is 0.844. The maximum absolute atomic E-state index is 10.3. The van der Waals surface area contributed by atoms with Crippen LogP contribution in [0, 0.1) is 6.92 Å². The molecule has 0 aliphatic heterocycles. The second-order valence-corrected chi connectivity index (χ2v) is 5.38. The van der Waals surface area contributed by atoms with Gasteiger partial charge in [-0.2, -0.15) is 0 Å². The van der Waals surface area contributed by atoms with Gasteiger partial charge in [0.15, 0.2) is 0 Å². The lowest BCUT2D eigenvalue weighted by Gasteiger charge is -2.23. The van der Waals surface area contributed by atoms with Gasteiger partial charge in [0.1, 0.15) is 18.5 Å². The third kappa shape index (κ3) is 3.53. The molecule has 2 rings (SSSR count). The lowest BCUT2D eigenvalue weighted by Crippen LogP contribution is -2.43. The van der Waals surface area contributed by atoms with Crippen molar-refractivity contribution in [3.8, 4) is 5.75 Å². The van der Waals surface area contributed by atoms with Gasteiger partial charge in [0.2, 0.25) is 0 Å². The Morgan fingerprint density at radius 3 is 2.90 bits per heavy atom. The van der Waals surface area contributed by atoms with E-state index < -0.39 is 31.9 Å². The van der Waals surface area contributed by atoms with E-state index in [1.165, 1.54) is 18.1 Å². The van der Waals surface area contributed by atoms with E-state index in [0.29, 0.717) is 5.75 Å². The minimum Gasteiger partial charge on any atom is -0.491 e. The number of hydrogen-bond acceptors (Lipinski definition) is 3.